The molecule has 14 heavy (non-hydrogen) atoms. The zero-order valence-electron chi connectivity index (χ0n) is 8.17. The molecular formula is C10H13ClN2O. The number of hydrogen-bond donors (Lipinski definition) is 2. The summed E-state index contributed by atoms with van der Waals surface area (Å²) in [6.07, 6.45) is 0. The van der Waals surface area contributed by atoms with E-state index in [0.29, 0.717) is 10.7 Å². The topological polar surface area (TPSA) is 55.1 Å². The van der Waals surface area contributed by atoms with E-state index in [-0.39, 0.29) is 5.91 Å². The standard InChI is InChI=1S/C10H13ClN2O/c1-6-3-4-9(8(11)5-6)13-10(14)7(2)12/h3-5,7H,12H2,1-2H3,(H,13,14). The first-order valence-electron chi connectivity index (χ1n) is 4.33. The highest BCUT2D eigenvalue weighted by molar-refractivity contribution is 6.33. The van der Waals surface area contributed by atoms with E-state index in [0.717, 1.165) is 5.56 Å². The van der Waals surface area contributed by atoms with Gasteiger partial charge in [-0.2, -0.15) is 0 Å². The molecule has 3 nitrogen and oxygen atoms in total. The average Bonchev–Trinajstić information content (AvgIpc) is 2.09. The van der Waals surface area contributed by atoms with Gasteiger partial charge >= 0.3 is 0 Å². The maximum absolute atomic E-state index is 11.3. The Morgan fingerprint density at radius 1 is 1.57 bits per heavy atom. The third kappa shape index (κ3) is 2.72. The lowest BCUT2D eigenvalue weighted by atomic mass is 10.2. The van der Waals surface area contributed by atoms with E-state index in [1.165, 1.54) is 0 Å². The molecule has 0 saturated carbocycles. The van der Waals surface area contributed by atoms with Gasteiger partial charge in [-0.1, -0.05) is 17.7 Å². The van der Waals surface area contributed by atoms with Crippen LogP contribution in [0.4, 0.5) is 5.69 Å². The van der Waals surface area contributed by atoms with Crippen LogP contribution in [-0.2, 0) is 4.79 Å². The lowest BCUT2D eigenvalue weighted by Gasteiger charge is -2.09. The molecule has 0 saturated heterocycles. The number of anilines is 1. The van der Waals surface area contributed by atoms with Gasteiger partial charge in [-0.05, 0) is 31.5 Å². The normalized spacial score (nSPS) is 12.3. The van der Waals surface area contributed by atoms with E-state index >= 15 is 0 Å². The van der Waals surface area contributed by atoms with Crippen LogP contribution in [0.5, 0.6) is 0 Å². The van der Waals surface area contributed by atoms with Gasteiger partial charge in [0.2, 0.25) is 5.91 Å². The molecule has 0 fully saturated rings. The van der Waals surface area contributed by atoms with E-state index in [2.05, 4.69) is 5.32 Å². The number of nitrogens with one attached hydrogen (secondary N) is 1. The van der Waals surface area contributed by atoms with Gasteiger partial charge in [0.25, 0.3) is 0 Å². The van der Waals surface area contributed by atoms with E-state index in [1.807, 2.05) is 13.0 Å². The summed E-state index contributed by atoms with van der Waals surface area (Å²) in [4.78, 5) is 11.3. The van der Waals surface area contributed by atoms with E-state index < -0.39 is 6.04 Å². The summed E-state index contributed by atoms with van der Waals surface area (Å²) in [5.41, 5.74) is 7.06. The fourth-order valence-electron chi connectivity index (χ4n) is 0.968. The summed E-state index contributed by atoms with van der Waals surface area (Å²) in [5.74, 6) is -0.240. The van der Waals surface area contributed by atoms with Crippen molar-refractivity contribution in [3.8, 4) is 0 Å². The van der Waals surface area contributed by atoms with Crippen LogP contribution in [0.1, 0.15) is 12.5 Å². The maximum atomic E-state index is 11.3. The van der Waals surface area contributed by atoms with Crippen LogP contribution in [0, 0.1) is 6.92 Å². The smallest absolute Gasteiger partial charge is 0.241 e. The Morgan fingerprint density at radius 3 is 2.71 bits per heavy atom. The fourth-order valence-corrected chi connectivity index (χ4v) is 1.25. The van der Waals surface area contributed by atoms with Crippen molar-refractivity contribution in [1.82, 2.24) is 0 Å². The van der Waals surface area contributed by atoms with Gasteiger partial charge in [0.15, 0.2) is 0 Å². The Hall–Kier alpha value is -1.06. The predicted molar refractivity (Wildman–Crippen MR) is 58.5 cm³/mol. The van der Waals surface area contributed by atoms with Crippen LogP contribution in [0.3, 0.4) is 0 Å². The molecule has 1 amide bonds. The second-order valence-electron chi connectivity index (χ2n) is 3.26. The summed E-state index contributed by atoms with van der Waals surface area (Å²) >= 11 is 5.92. The zero-order valence-corrected chi connectivity index (χ0v) is 8.93. The Labute approximate surface area is 88.2 Å². The van der Waals surface area contributed by atoms with Crippen molar-refractivity contribution in [1.29, 1.82) is 0 Å². The number of rotatable bonds is 2. The van der Waals surface area contributed by atoms with E-state index in [9.17, 15) is 4.79 Å². The Bertz CT molecular complexity index is 350. The van der Waals surface area contributed by atoms with Gasteiger partial charge in [-0.3, -0.25) is 4.79 Å². The minimum atomic E-state index is -0.535. The third-order valence-electron chi connectivity index (χ3n) is 1.80. The summed E-state index contributed by atoms with van der Waals surface area (Å²) in [7, 11) is 0. The lowest BCUT2D eigenvalue weighted by molar-refractivity contribution is -0.117. The van der Waals surface area contributed by atoms with Crippen molar-refractivity contribution < 1.29 is 4.79 Å². The Morgan fingerprint density at radius 2 is 2.21 bits per heavy atom. The summed E-state index contributed by atoms with van der Waals surface area (Å²) in [5, 5.41) is 3.17. The van der Waals surface area contributed by atoms with Crippen molar-refractivity contribution in [2.45, 2.75) is 19.9 Å². The van der Waals surface area contributed by atoms with E-state index in [4.69, 9.17) is 17.3 Å². The quantitative estimate of drug-likeness (QED) is 0.787. The SMILES string of the molecule is Cc1ccc(NC(=O)C(C)N)c(Cl)c1. The highest BCUT2D eigenvalue weighted by Crippen LogP contribution is 2.22. The fraction of sp³-hybridized carbons (Fsp3) is 0.300. The molecule has 4 heteroatoms. The molecule has 0 bridgehead atoms. The highest BCUT2D eigenvalue weighted by Gasteiger charge is 2.09. The van der Waals surface area contributed by atoms with Gasteiger partial charge in [0, 0.05) is 0 Å². The second-order valence-corrected chi connectivity index (χ2v) is 3.67. The molecule has 1 aromatic carbocycles. The monoisotopic (exact) mass is 212 g/mol. The molecule has 0 heterocycles. The van der Waals surface area contributed by atoms with Gasteiger partial charge in [-0.15, -0.1) is 0 Å². The Kier molecular flexibility index (Phi) is 3.49. The molecule has 3 N–H and O–H groups in total. The maximum Gasteiger partial charge on any atom is 0.241 e. The molecule has 0 aliphatic rings. The molecule has 0 aliphatic heterocycles. The molecule has 1 atom stereocenters. The van der Waals surface area contributed by atoms with Crippen LogP contribution in [0.15, 0.2) is 18.2 Å². The first-order chi connectivity index (χ1) is 6.50. The lowest BCUT2D eigenvalue weighted by Crippen LogP contribution is -2.32. The van der Waals surface area contributed by atoms with Crippen LogP contribution < -0.4 is 11.1 Å². The highest BCUT2D eigenvalue weighted by atomic mass is 35.5. The molecule has 0 aliphatic carbocycles. The van der Waals surface area contributed by atoms with Gasteiger partial charge < -0.3 is 11.1 Å². The Balaban J connectivity index is 2.82. The molecule has 1 rings (SSSR count). The molecule has 76 valence electrons. The summed E-state index contributed by atoms with van der Waals surface area (Å²) in [6, 6.07) is 4.89. The number of hydrogen-bond acceptors (Lipinski definition) is 2. The number of carbonyl (C=O) groups excluding carboxylic acids is 1. The predicted octanol–water partition coefficient (Wildman–Crippen LogP) is 1.93. The van der Waals surface area contributed by atoms with E-state index in [1.54, 1.807) is 19.1 Å². The number of nitrogens with two attached hydrogens (primary N) is 1. The molecule has 0 radical (unpaired) electrons. The zero-order chi connectivity index (χ0) is 10.7. The largest absolute Gasteiger partial charge is 0.323 e. The third-order valence-corrected chi connectivity index (χ3v) is 2.11. The first-order valence-corrected chi connectivity index (χ1v) is 4.71. The van der Waals surface area contributed by atoms with Crippen LogP contribution in [0.2, 0.25) is 5.02 Å². The van der Waals surface area contributed by atoms with Crippen molar-refractivity contribution in [3.63, 3.8) is 0 Å². The second kappa shape index (κ2) is 4.44. The van der Waals surface area contributed by atoms with Crippen molar-refractivity contribution >= 4 is 23.2 Å². The number of aryl methyl sites for hydroxylation is 1. The van der Waals surface area contributed by atoms with Crippen LogP contribution >= 0.6 is 11.6 Å². The minimum absolute atomic E-state index is 0.240. The summed E-state index contributed by atoms with van der Waals surface area (Å²) in [6.45, 7) is 3.56. The number of halogens is 1. The van der Waals surface area contributed by atoms with Gasteiger partial charge in [0.1, 0.15) is 0 Å². The number of carbonyl (C=O) groups is 1. The minimum Gasteiger partial charge on any atom is -0.323 e. The molecular weight excluding hydrogens is 200 g/mol. The molecule has 0 aromatic heterocycles. The van der Waals surface area contributed by atoms with Crippen molar-refractivity contribution in [2.24, 2.45) is 5.73 Å². The first kappa shape index (κ1) is 11.0. The molecule has 0 spiro atoms. The van der Waals surface area contributed by atoms with Gasteiger partial charge in [0.05, 0.1) is 16.8 Å². The van der Waals surface area contributed by atoms with Crippen molar-refractivity contribution in [3.05, 3.63) is 28.8 Å². The summed E-state index contributed by atoms with van der Waals surface area (Å²) < 4.78 is 0. The van der Waals surface area contributed by atoms with Crippen LogP contribution in [-0.4, -0.2) is 11.9 Å². The number of amides is 1. The molecule has 1 aromatic rings. The van der Waals surface area contributed by atoms with Crippen molar-refractivity contribution in [2.75, 3.05) is 5.32 Å². The number of benzene rings is 1. The molecule has 1 unspecified atom stereocenters. The van der Waals surface area contributed by atoms with Crippen LogP contribution in [0.25, 0.3) is 0 Å². The average molecular weight is 213 g/mol. The van der Waals surface area contributed by atoms with Gasteiger partial charge in [-0.25, -0.2) is 0 Å².